The van der Waals surface area contributed by atoms with E-state index in [1.165, 1.54) is 10.4 Å². The fraction of sp³-hybridized carbons (Fsp3) is 0.500. The monoisotopic (exact) mass is 416 g/mol. The molecule has 0 radical (unpaired) electrons. The molecular formula is C22H32N4O2S. The second kappa shape index (κ2) is 11.2. The minimum absolute atomic E-state index is 0.293. The second-order valence-corrected chi connectivity index (χ2v) is 8.06. The summed E-state index contributed by atoms with van der Waals surface area (Å²) in [6, 6.07) is 12.8. The summed E-state index contributed by atoms with van der Waals surface area (Å²) in [7, 11) is 3.77. The van der Waals surface area contributed by atoms with Crippen molar-refractivity contribution in [2.75, 3.05) is 53.6 Å². The Hall–Kier alpha value is -2.09. The van der Waals surface area contributed by atoms with Crippen LogP contribution in [0.1, 0.15) is 23.4 Å². The van der Waals surface area contributed by atoms with Crippen molar-refractivity contribution in [2.24, 2.45) is 4.99 Å². The SMILES string of the molecule is CCNC(=NCC(c1cccs1)N1CCOCC1)N(C)Cc1ccc(OC)cc1. The highest BCUT2D eigenvalue weighted by Crippen LogP contribution is 2.26. The fourth-order valence-electron chi connectivity index (χ4n) is 3.48. The van der Waals surface area contributed by atoms with Gasteiger partial charge in [0.2, 0.25) is 0 Å². The van der Waals surface area contributed by atoms with Gasteiger partial charge in [0.25, 0.3) is 0 Å². The van der Waals surface area contributed by atoms with E-state index in [0.717, 1.165) is 57.6 Å². The molecule has 2 heterocycles. The molecule has 1 aliphatic rings. The zero-order chi connectivity index (χ0) is 20.5. The van der Waals surface area contributed by atoms with Gasteiger partial charge < -0.3 is 19.7 Å². The molecule has 29 heavy (non-hydrogen) atoms. The normalized spacial score (nSPS) is 16.4. The van der Waals surface area contributed by atoms with Crippen LogP contribution in [0.25, 0.3) is 0 Å². The zero-order valence-electron chi connectivity index (χ0n) is 17.6. The number of benzene rings is 1. The average molecular weight is 417 g/mol. The average Bonchev–Trinajstić information content (AvgIpc) is 3.29. The molecule has 6 nitrogen and oxygen atoms in total. The van der Waals surface area contributed by atoms with Crippen LogP contribution in [-0.4, -0.2) is 69.3 Å². The van der Waals surface area contributed by atoms with E-state index in [1.54, 1.807) is 18.4 Å². The molecule has 2 aromatic rings. The number of rotatable bonds is 8. The molecule has 1 fully saturated rings. The topological polar surface area (TPSA) is 49.3 Å². The highest BCUT2D eigenvalue weighted by molar-refractivity contribution is 7.10. The highest BCUT2D eigenvalue weighted by atomic mass is 32.1. The quantitative estimate of drug-likeness (QED) is 0.529. The van der Waals surface area contributed by atoms with Crippen LogP contribution in [0.3, 0.4) is 0 Å². The van der Waals surface area contributed by atoms with E-state index in [1.807, 2.05) is 12.1 Å². The highest BCUT2D eigenvalue weighted by Gasteiger charge is 2.23. The van der Waals surface area contributed by atoms with Crippen molar-refractivity contribution >= 4 is 17.3 Å². The van der Waals surface area contributed by atoms with Crippen LogP contribution in [0.5, 0.6) is 5.75 Å². The van der Waals surface area contributed by atoms with Crippen molar-refractivity contribution in [3.63, 3.8) is 0 Å². The maximum atomic E-state index is 5.55. The number of guanidine groups is 1. The maximum Gasteiger partial charge on any atom is 0.194 e. The fourth-order valence-corrected chi connectivity index (χ4v) is 4.33. The summed E-state index contributed by atoms with van der Waals surface area (Å²) in [5.41, 5.74) is 1.22. The molecule has 0 aliphatic carbocycles. The molecule has 1 atom stereocenters. The third kappa shape index (κ3) is 6.19. The van der Waals surface area contributed by atoms with Crippen LogP contribution in [0, 0.1) is 0 Å². The van der Waals surface area contributed by atoms with Crippen LogP contribution in [0.4, 0.5) is 0 Å². The summed E-state index contributed by atoms with van der Waals surface area (Å²) in [6.45, 7) is 7.97. The van der Waals surface area contributed by atoms with Gasteiger partial charge in [-0.2, -0.15) is 0 Å². The minimum atomic E-state index is 0.293. The van der Waals surface area contributed by atoms with Crippen molar-refractivity contribution in [1.82, 2.24) is 15.1 Å². The Morgan fingerprint density at radius 3 is 2.66 bits per heavy atom. The molecule has 1 aromatic carbocycles. The Labute approximate surface area is 178 Å². The lowest BCUT2D eigenvalue weighted by atomic mass is 10.2. The lowest BCUT2D eigenvalue weighted by Gasteiger charge is -2.33. The van der Waals surface area contributed by atoms with Crippen LogP contribution in [-0.2, 0) is 11.3 Å². The maximum absolute atomic E-state index is 5.55. The van der Waals surface area contributed by atoms with E-state index in [2.05, 4.69) is 58.7 Å². The third-order valence-electron chi connectivity index (χ3n) is 5.05. The van der Waals surface area contributed by atoms with Gasteiger partial charge in [0.05, 0.1) is 32.9 Å². The molecule has 0 spiro atoms. The van der Waals surface area contributed by atoms with Gasteiger partial charge in [-0.25, -0.2) is 0 Å². The lowest BCUT2D eigenvalue weighted by molar-refractivity contribution is 0.0186. The first-order valence-electron chi connectivity index (χ1n) is 10.2. The largest absolute Gasteiger partial charge is 0.497 e. The molecule has 3 rings (SSSR count). The summed E-state index contributed by atoms with van der Waals surface area (Å²) >= 11 is 1.81. The number of morpholine rings is 1. The standard InChI is InChI=1S/C22H32N4O2S/c1-4-23-22(25(2)17-18-7-9-19(27-3)10-8-18)24-16-20(21-6-5-15-29-21)26-11-13-28-14-12-26/h5-10,15,20H,4,11-14,16-17H2,1-3H3,(H,23,24). The van der Waals surface area contributed by atoms with Gasteiger partial charge in [-0.15, -0.1) is 11.3 Å². The number of ether oxygens (including phenoxy) is 2. The Bertz CT molecular complexity index is 743. The first kappa shape index (κ1) is 21.6. The third-order valence-corrected chi connectivity index (χ3v) is 6.02. The number of nitrogens with zero attached hydrogens (tertiary/aromatic N) is 3. The number of hydrogen-bond donors (Lipinski definition) is 1. The molecular weight excluding hydrogens is 384 g/mol. The number of aliphatic imine (C=N–C) groups is 1. The molecule has 0 bridgehead atoms. The molecule has 1 unspecified atom stereocenters. The Kier molecular flexibility index (Phi) is 8.34. The Morgan fingerprint density at radius 1 is 1.28 bits per heavy atom. The predicted molar refractivity (Wildman–Crippen MR) is 120 cm³/mol. The lowest BCUT2D eigenvalue weighted by Crippen LogP contribution is -2.42. The summed E-state index contributed by atoms with van der Waals surface area (Å²) in [5.74, 6) is 1.81. The molecule has 0 saturated carbocycles. The van der Waals surface area contributed by atoms with E-state index in [-0.39, 0.29) is 0 Å². The number of thiophene rings is 1. The van der Waals surface area contributed by atoms with Gasteiger partial charge in [-0.1, -0.05) is 18.2 Å². The van der Waals surface area contributed by atoms with E-state index in [9.17, 15) is 0 Å². The molecule has 1 aliphatic heterocycles. The molecule has 1 aromatic heterocycles. The van der Waals surface area contributed by atoms with E-state index >= 15 is 0 Å². The van der Waals surface area contributed by atoms with Crippen LogP contribution < -0.4 is 10.1 Å². The second-order valence-electron chi connectivity index (χ2n) is 7.08. The Balaban J connectivity index is 1.71. The number of hydrogen-bond acceptors (Lipinski definition) is 5. The summed E-state index contributed by atoms with van der Waals surface area (Å²) in [4.78, 5) is 11.0. The number of methoxy groups -OCH3 is 1. The van der Waals surface area contributed by atoms with Crippen molar-refractivity contribution in [1.29, 1.82) is 0 Å². The van der Waals surface area contributed by atoms with Gasteiger partial charge in [0.1, 0.15) is 5.75 Å². The minimum Gasteiger partial charge on any atom is -0.497 e. The number of nitrogens with one attached hydrogen (secondary N) is 1. The first-order valence-corrected chi connectivity index (χ1v) is 11.1. The van der Waals surface area contributed by atoms with Crippen molar-refractivity contribution in [3.8, 4) is 5.75 Å². The van der Waals surface area contributed by atoms with Crippen molar-refractivity contribution in [3.05, 3.63) is 52.2 Å². The van der Waals surface area contributed by atoms with E-state index < -0.39 is 0 Å². The van der Waals surface area contributed by atoms with Crippen molar-refractivity contribution < 1.29 is 9.47 Å². The van der Waals surface area contributed by atoms with Gasteiger partial charge in [-0.3, -0.25) is 9.89 Å². The molecule has 0 amide bonds. The summed E-state index contributed by atoms with van der Waals surface area (Å²) in [6.07, 6.45) is 0. The van der Waals surface area contributed by atoms with Gasteiger partial charge in [0.15, 0.2) is 5.96 Å². The first-order chi connectivity index (χ1) is 14.2. The molecule has 1 saturated heterocycles. The summed E-state index contributed by atoms with van der Waals surface area (Å²) < 4.78 is 10.8. The van der Waals surface area contributed by atoms with Gasteiger partial charge in [0, 0.05) is 38.1 Å². The molecule has 7 heteroatoms. The Morgan fingerprint density at radius 2 is 2.03 bits per heavy atom. The molecule has 1 N–H and O–H groups in total. The summed E-state index contributed by atoms with van der Waals surface area (Å²) in [5, 5.41) is 5.59. The van der Waals surface area contributed by atoms with Gasteiger partial charge >= 0.3 is 0 Å². The predicted octanol–water partition coefficient (Wildman–Crippen LogP) is 3.23. The van der Waals surface area contributed by atoms with E-state index in [0.29, 0.717) is 6.04 Å². The van der Waals surface area contributed by atoms with E-state index in [4.69, 9.17) is 14.5 Å². The van der Waals surface area contributed by atoms with Crippen LogP contribution in [0.2, 0.25) is 0 Å². The smallest absolute Gasteiger partial charge is 0.194 e. The van der Waals surface area contributed by atoms with Crippen LogP contribution in [0.15, 0.2) is 46.8 Å². The molecule has 158 valence electrons. The zero-order valence-corrected chi connectivity index (χ0v) is 18.5. The van der Waals surface area contributed by atoms with Crippen LogP contribution >= 0.6 is 11.3 Å². The van der Waals surface area contributed by atoms with Crippen molar-refractivity contribution in [2.45, 2.75) is 19.5 Å². The van der Waals surface area contributed by atoms with Gasteiger partial charge in [-0.05, 0) is 36.1 Å².